The number of carbonyl (C=O) groups excluding carboxylic acids is 1. The van der Waals surface area contributed by atoms with Crippen molar-refractivity contribution < 1.29 is 9.53 Å². The smallest absolute Gasteiger partial charge is 0.163 e. The third kappa shape index (κ3) is 2.06. The molecule has 1 aromatic carbocycles. The number of rotatable bonds is 3. The Bertz CT molecular complexity index is 310. The molecule has 0 fully saturated rings. The van der Waals surface area contributed by atoms with Crippen molar-refractivity contribution in [3.63, 3.8) is 0 Å². The first-order chi connectivity index (χ1) is 6.16. The molecule has 0 amide bonds. The molecular weight excluding hydrogens is 166 g/mol. The van der Waals surface area contributed by atoms with Crippen LogP contribution in [0.1, 0.15) is 18.6 Å². The molecular formula is C10H13NO2. The molecule has 13 heavy (non-hydrogen) atoms. The normalized spacial score (nSPS) is 12.5. The number of para-hydroxylation sites is 1. The largest absolute Gasteiger partial charge is 0.398 e. The van der Waals surface area contributed by atoms with Crippen molar-refractivity contribution >= 4 is 11.5 Å². The summed E-state index contributed by atoms with van der Waals surface area (Å²) in [5, 5.41) is 0. The van der Waals surface area contributed by atoms with Gasteiger partial charge in [0, 0.05) is 18.4 Å². The number of methoxy groups -OCH3 is 1. The maximum absolute atomic E-state index is 11.1. The van der Waals surface area contributed by atoms with E-state index in [1.54, 1.807) is 12.1 Å². The molecule has 0 radical (unpaired) electrons. The van der Waals surface area contributed by atoms with Crippen LogP contribution in [-0.4, -0.2) is 12.9 Å². The lowest BCUT2D eigenvalue weighted by atomic mass is 10.0. The summed E-state index contributed by atoms with van der Waals surface area (Å²) in [4.78, 5) is 11.1. The molecule has 0 bridgehead atoms. The maximum Gasteiger partial charge on any atom is 0.163 e. The average Bonchev–Trinajstić information content (AvgIpc) is 2.09. The van der Waals surface area contributed by atoms with Crippen molar-refractivity contribution in [2.75, 3.05) is 12.8 Å². The molecule has 2 N–H and O–H groups in total. The molecule has 0 unspecified atom stereocenters. The number of Topliss-reactive ketones (excluding diaryl/α,β-unsaturated/α-hetero) is 1. The summed E-state index contributed by atoms with van der Waals surface area (Å²) in [6, 6.07) is 7.21. The molecule has 0 saturated heterocycles. The minimum atomic E-state index is -0.541. The second-order valence-corrected chi connectivity index (χ2v) is 2.86. The Morgan fingerprint density at radius 2 is 2.08 bits per heavy atom. The zero-order valence-corrected chi connectivity index (χ0v) is 7.78. The van der Waals surface area contributed by atoms with Crippen LogP contribution in [-0.2, 0) is 9.53 Å². The molecule has 1 atom stereocenters. The van der Waals surface area contributed by atoms with Crippen LogP contribution < -0.4 is 5.73 Å². The second kappa shape index (κ2) is 4.05. The number of nitrogen functional groups attached to an aromatic ring is 1. The molecule has 0 aliphatic rings. The van der Waals surface area contributed by atoms with Gasteiger partial charge in [0.15, 0.2) is 5.78 Å². The van der Waals surface area contributed by atoms with Crippen LogP contribution in [0.3, 0.4) is 0 Å². The van der Waals surface area contributed by atoms with Crippen LogP contribution >= 0.6 is 0 Å². The lowest BCUT2D eigenvalue weighted by Crippen LogP contribution is -2.12. The van der Waals surface area contributed by atoms with Gasteiger partial charge in [-0.25, -0.2) is 0 Å². The molecule has 0 aliphatic carbocycles. The first kappa shape index (κ1) is 9.74. The highest BCUT2D eigenvalue weighted by Crippen LogP contribution is 2.23. The second-order valence-electron chi connectivity index (χ2n) is 2.86. The topological polar surface area (TPSA) is 52.3 Å². The Balaban J connectivity index is 3.04. The van der Waals surface area contributed by atoms with Gasteiger partial charge in [-0.15, -0.1) is 0 Å². The fourth-order valence-electron chi connectivity index (χ4n) is 1.26. The Labute approximate surface area is 77.5 Å². The van der Waals surface area contributed by atoms with E-state index in [9.17, 15) is 4.79 Å². The number of benzene rings is 1. The SMILES string of the molecule is CO[C@@H](C(C)=O)c1ccccc1N. The number of nitrogens with two attached hydrogens (primary N) is 1. The minimum absolute atomic E-state index is 0.0413. The quantitative estimate of drug-likeness (QED) is 0.716. The van der Waals surface area contributed by atoms with E-state index in [-0.39, 0.29) is 5.78 Å². The van der Waals surface area contributed by atoms with Gasteiger partial charge in [-0.3, -0.25) is 4.79 Å². The van der Waals surface area contributed by atoms with E-state index < -0.39 is 6.10 Å². The van der Waals surface area contributed by atoms with Crippen LogP contribution in [0, 0.1) is 0 Å². The Morgan fingerprint density at radius 1 is 1.46 bits per heavy atom. The van der Waals surface area contributed by atoms with E-state index in [1.165, 1.54) is 14.0 Å². The van der Waals surface area contributed by atoms with Crippen LogP contribution in [0.2, 0.25) is 0 Å². The van der Waals surface area contributed by atoms with Crippen LogP contribution in [0.4, 0.5) is 5.69 Å². The van der Waals surface area contributed by atoms with E-state index in [0.717, 1.165) is 5.56 Å². The summed E-state index contributed by atoms with van der Waals surface area (Å²) >= 11 is 0. The van der Waals surface area contributed by atoms with Gasteiger partial charge in [-0.1, -0.05) is 18.2 Å². The van der Waals surface area contributed by atoms with E-state index in [1.807, 2.05) is 12.1 Å². The summed E-state index contributed by atoms with van der Waals surface area (Å²) in [6.45, 7) is 1.49. The standard InChI is InChI=1S/C10H13NO2/c1-7(12)10(13-2)8-5-3-4-6-9(8)11/h3-6,10H,11H2,1-2H3/t10-/m0/s1. The highest BCUT2D eigenvalue weighted by molar-refractivity contribution is 5.83. The predicted octanol–water partition coefficient (Wildman–Crippen LogP) is 1.55. The predicted molar refractivity (Wildman–Crippen MR) is 51.3 cm³/mol. The summed E-state index contributed by atoms with van der Waals surface area (Å²) in [5.74, 6) is -0.0413. The number of carbonyl (C=O) groups is 1. The third-order valence-electron chi connectivity index (χ3n) is 1.88. The van der Waals surface area contributed by atoms with Crippen molar-refractivity contribution in [3.05, 3.63) is 29.8 Å². The number of anilines is 1. The van der Waals surface area contributed by atoms with Crippen molar-refractivity contribution in [2.24, 2.45) is 0 Å². The van der Waals surface area contributed by atoms with E-state index in [0.29, 0.717) is 5.69 Å². The monoisotopic (exact) mass is 179 g/mol. The molecule has 0 aromatic heterocycles. The van der Waals surface area contributed by atoms with Gasteiger partial charge in [0.2, 0.25) is 0 Å². The lowest BCUT2D eigenvalue weighted by Gasteiger charge is -2.13. The molecule has 3 heteroatoms. The van der Waals surface area contributed by atoms with Gasteiger partial charge in [0.05, 0.1) is 0 Å². The fourth-order valence-corrected chi connectivity index (χ4v) is 1.26. The number of ketones is 1. The summed E-state index contributed by atoms with van der Waals surface area (Å²) in [7, 11) is 1.50. The molecule has 1 aromatic rings. The Hall–Kier alpha value is -1.35. The Kier molecular flexibility index (Phi) is 3.03. The number of hydrogen-bond acceptors (Lipinski definition) is 3. The van der Waals surface area contributed by atoms with Crippen LogP contribution in [0.15, 0.2) is 24.3 Å². The van der Waals surface area contributed by atoms with Crippen molar-refractivity contribution in [2.45, 2.75) is 13.0 Å². The summed E-state index contributed by atoms with van der Waals surface area (Å²) in [6.07, 6.45) is -0.541. The highest BCUT2D eigenvalue weighted by atomic mass is 16.5. The van der Waals surface area contributed by atoms with Crippen LogP contribution in [0.25, 0.3) is 0 Å². The van der Waals surface area contributed by atoms with Crippen LogP contribution in [0.5, 0.6) is 0 Å². The molecule has 1 rings (SSSR count). The van der Waals surface area contributed by atoms with Gasteiger partial charge >= 0.3 is 0 Å². The van der Waals surface area contributed by atoms with Gasteiger partial charge in [0.1, 0.15) is 6.10 Å². The number of hydrogen-bond donors (Lipinski definition) is 1. The van der Waals surface area contributed by atoms with Crippen molar-refractivity contribution in [3.8, 4) is 0 Å². The highest BCUT2D eigenvalue weighted by Gasteiger charge is 2.17. The van der Waals surface area contributed by atoms with Crippen molar-refractivity contribution in [1.29, 1.82) is 0 Å². The van der Waals surface area contributed by atoms with E-state index in [4.69, 9.17) is 10.5 Å². The zero-order chi connectivity index (χ0) is 9.84. The minimum Gasteiger partial charge on any atom is -0.398 e. The van der Waals surface area contributed by atoms with Gasteiger partial charge < -0.3 is 10.5 Å². The van der Waals surface area contributed by atoms with E-state index >= 15 is 0 Å². The third-order valence-corrected chi connectivity index (χ3v) is 1.88. The molecule has 3 nitrogen and oxygen atoms in total. The van der Waals surface area contributed by atoms with Gasteiger partial charge in [-0.05, 0) is 13.0 Å². The molecule has 0 aliphatic heterocycles. The fraction of sp³-hybridized carbons (Fsp3) is 0.300. The first-order valence-corrected chi connectivity index (χ1v) is 4.04. The lowest BCUT2D eigenvalue weighted by molar-refractivity contribution is -0.126. The zero-order valence-electron chi connectivity index (χ0n) is 7.78. The molecule has 0 heterocycles. The van der Waals surface area contributed by atoms with Gasteiger partial charge in [0.25, 0.3) is 0 Å². The molecule has 0 spiro atoms. The summed E-state index contributed by atoms with van der Waals surface area (Å²) < 4.78 is 5.05. The van der Waals surface area contributed by atoms with Crippen molar-refractivity contribution in [1.82, 2.24) is 0 Å². The Morgan fingerprint density at radius 3 is 2.54 bits per heavy atom. The van der Waals surface area contributed by atoms with Gasteiger partial charge in [-0.2, -0.15) is 0 Å². The first-order valence-electron chi connectivity index (χ1n) is 4.04. The molecule has 0 saturated carbocycles. The van der Waals surface area contributed by atoms with E-state index in [2.05, 4.69) is 0 Å². The number of ether oxygens (including phenoxy) is 1. The average molecular weight is 179 g/mol. The molecule has 70 valence electrons. The maximum atomic E-state index is 11.1. The summed E-state index contributed by atoms with van der Waals surface area (Å²) in [5.41, 5.74) is 7.02.